The largest absolute Gasteiger partial charge is 0.378 e. The average Bonchev–Trinajstić information content (AvgIpc) is 3.30. The molecule has 1 N–H and O–H groups in total. The second kappa shape index (κ2) is 8.14. The number of para-hydroxylation sites is 1. The molecule has 0 amide bonds. The summed E-state index contributed by atoms with van der Waals surface area (Å²) in [4.78, 5) is 0.344. The first-order valence-corrected chi connectivity index (χ1v) is 12.6. The maximum absolute atomic E-state index is 13.5. The van der Waals surface area contributed by atoms with Crippen molar-refractivity contribution >= 4 is 21.4 Å². The van der Waals surface area contributed by atoms with Gasteiger partial charge in [-0.05, 0) is 67.6 Å². The summed E-state index contributed by atoms with van der Waals surface area (Å²) in [5, 5.41) is 3.71. The number of allylic oxidation sites excluding steroid dienone is 2. The Morgan fingerprint density at radius 3 is 2.47 bits per heavy atom. The molecule has 0 radical (unpaired) electrons. The van der Waals surface area contributed by atoms with Crippen LogP contribution in [0.1, 0.15) is 42.0 Å². The highest BCUT2D eigenvalue weighted by atomic mass is 32.2. The second-order valence-corrected chi connectivity index (χ2v) is 10.5. The van der Waals surface area contributed by atoms with E-state index < -0.39 is 10.0 Å². The van der Waals surface area contributed by atoms with Crippen molar-refractivity contribution in [2.24, 2.45) is 5.92 Å². The molecular weight excluding hydrogens is 416 g/mol. The molecule has 2 aliphatic rings. The number of hydrogen-bond donors (Lipinski definition) is 1. The topological polar surface area (TPSA) is 49.4 Å². The molecule has 0 aromatic heterocycles. The molecular formula is C27H28N2O2S. The van der Waals surface area contributed by atoms with E-state index in [9.17, 15) is 8.42 Å². The van der Waals surface area contributed by atoms with Gasteiger partial charge < -0.3 is 5.32 Å². The molecule has 0 saturated carbocycles. The van der Waals surface area contributed by atoms with Gasteiger partial charge in [-0.15, -0.1) is 0 Å². The summed E-state index contributed by atoms with van der Waals surface area (Å²) < 4.78 is 28.6. The van der Waals surface area contributed by atoms with E-state index in [2.05, 4.69) is 48.7 Å². The van der Waals surface area contributed by atoms with Gasteiger partial charge in [0.2, 0.25) is 0 Å². The number of aryl methyl sites for hydroxylation is 1. The van der Waals surface area contributed by atoms with Gasteiger partial charge >= 0.3 is 0 Å². The molecule has 3 aromatic rings. The smallest absolute Gasteiger partial charge is 0.264 e. The van der Waals surface area contributed by atoms with Crippen molar-refractivity contribution in [3.05, 3.63) is 102 Å². The lowest BCUT2D eigenvalue weighted by atomic mass is 9.77. The minimum Gasteiger partial charge on any atom is -0.378 e. The number of anilines is 2. The Labute approximate surface area is 190 Å². The standard InChI is InChI=1S/C27H28N2O2S/c1-3-29(21-8-5-4-6-9-21)32(30,31)22-16-17-26-25(18-22)23-10-7-11-24(23)27(28-26)20-14-12-19(2)13-15-20/h4-10,12-18,23-24,27-28H,3,11H2,1-2H3. The van der Waals surface area contributed by atoms with Crippen LogP contribution >= 0.6 is 0 Å². The molecule has 5 rings (SSSR count). The predicted molar refractivity (Wildman–Crippen MR) is 131 cm³/mol. The molecule has 32 heavy (non-hydrogen) atoms. The van der Waals surface area contributed by atoms with Crippen molar-refractivity contribution in [2.45, 2.75) is 37.1 Å². The maximum atomic E-state index is 13.5. The van der Waals surface area contributed by atoms with Crippen LogP contribution in [0.2, 0.25) is 0 Å². The van der Waals surface area contributed by atoms with Crippen molar-refractivity contribution in [1.82, 2.24) is 0 Å². The zero-order valence-electron chi connectivity index (χ0n) is 18.4. The van der Waals surface area contributed by atoms with Crippen LogP contribution in [-0.2, 0) is 10.0 Å². The van der Waals surface area contributed by atoms with Gasteiger partial charge in [0.1, 0.15) is 0 Å². The van der Waals surface area contributed by atoms with Crippen molar-refractivity contribution < 1.29 is 8.42 Å². The van der Waals surface area contributed by atoms with Crippen molar-refractivity contribution in [2.75, 3.05) is 16.2 Å². The molecule has 0 spiro atoms. The molecule has 0 saturated heterocycles. The Morgan fingerprint density at radius 1 is 1.00 bits per heavy atom. The molecule has 0 fully saturated rings. The lowest BCUT2D eigenvalue weighted by Gasteiger charge is -2.38. The van der Waals surface area contributed by atoms with Crippen molar-refractivity contribution in [3.63, 3.8) is 0 Å². The number of fused-ring (bicyclic) bond motifs is 3. The Bertz CT molecular complexity index is 1250. The van der Waals surface area contributed by atoms with E-state index in [0.29, 0.717) is 23.0 Å². The Morgan fingerprint density at radius 2 is 1.75 bits per heavy atom. The minimum atomic E-state index is -3.66. The van der Waals surface area contributed by atoms with Gasteiger partial charge in [0.15, 0.2) is 0 Å². The van der Waals surface area contributed by atoms with Crippen LogP contribution in [0.25, 0.3) is 0 Å². The van der Waals surface area contributed by atoms with E-state index in [1.807, 2.05) is 49.4 Å². The van der Waals surface area contributed by atoms with E-state index >= 15 is 0 Å². The molecule has 3 unspecified atom stereocenters. The fraction of sp³-hybridized carbons (Fsp3) is 0.259. The zero-order valence-corrected chi connectivity index (χ0v) is 19.2. The van der Waals surface area contributed by atoms with Gasteiger partial charge in [0.25, 0.3) is 10.0 Å². The fourth-order valence-electron chi connectivity index (χ4n) is 5.05. The van der Waals surface area contributed by atoms with Crippen LogP contribution in [0.3, 0.4) is 0 Å². The van der Waals surface area contributed by atoms with Crippen LogP contribution in [-0.4, -0.2) is 15.0 Å². The second-order valence-electron chi connectivity index (χ2n) is 8.64. The van der Waals surface area contributed by atoms with Crippen molar-refractivity contribution in [3.8, 4) is 0 Å². The zero-order chi connectivity index (χ0) is 22.3. The number of benzene rings is 3. The van der Waals surface area contributed by atoms with E-state index in [0.717, 1.165) is 17.7 Å². The summed E-state index contributed by atoms with van der Waals surface area (Å²) >= 11 is 0. The number of nitrogens with one attached hydrogen (secondary N) is 1. The van der Waals surface area contributed by atoms with E-state index in [1.165, 1.54) is 15.4 Å². The Kier molecular flexibility index (Phi) is 5.30. The molecule has 3 atom stereocenters. The summed E-state index contributed by atoms with van der Waals surface area (Å²) in [7, 11) is -3.66. The van der Waals surface area contributed by atoms with Gasteiger partial charge in [-0.3, -0.25) is 4.31 Å². The lowest BCUT2D eigenvalue weighted by Crippen LogP contribution is -2.32. The highest BCUT2D eigenvalue weighted by Crippen LogP contribution is 2.50. The van der Waals surface area contributed by atoms with E-state index in [4.69, 9.17) is 0 Å². The highest BCUT2D eigenvalue weighted by Gasteiger charge is 2.38. The molecule has 164 valence electrons. The van der Waals surface area contributed by atoms with Crippen LogP contribution in [0.4, 0.5) is 11.4 Å². The summed E-state index contributed by atoms with van der Waals surface area (Å²) in [5.41, 5.74) is 5.30. The normalized spacial score (nSPS) is 21.5. The SMILES string of the molecule is CCN(c1ccccc1)S(=O)(=O)c1ccc2c(c1)C1C=CCC1C(c1ccc(C)cc1)N2. The van der Waals surface area contributed by atoms with Gasteiger partial charge in [-0.25, -0.2) is 8.42 Å². The monoisotopic (exact) mass is 444 g/mol. The molecule has 1 aliphatic carbocycles. The summed E-state index contributed by atoms with van der Waals surface area (Å²) in [6.07, 6.45) is 5.46. The molecule has 5 heteroatoms. The average molecular weight is 445 g/mol. The van der Waals surface area contributed by atoms with Gasteiger partial charge in [-0.1, -0.05) is 60.2 Å². The number of nitrogens with zero attached hydrogens (tertiary/aromatic N) is 1. The number of hydrogen-bond acceptors (Lipinski definition) is 3. The quantitative estimate of drug-likeness (QED) is 0.488. The molecule has 0 bridgehead atoms. The number of sulfonamides is 1. The molecule has 3 aromatic carbocycles. The first kappa shape index (κ1) is 20.8. The first-order chi connectivity index (χ1) is 15.5. The third kappa shape index (κ3) is 3.51. The molecule has 1 heterocycles. The minimum absolute atomic E-state index is 0.208. The van der Waals surface area contributed by atoms with Crippen molar-refractivity contribution in [1.29, 1.82) is 0 Å². The Hall–Kier alpha value is -3.05. The van der Waals surface area contributed by atoms with Crippen LogP contribution in [0.15, 0.2) is 89.8 Å². The third-order valence-corrected chi connectivity index (χ3v) is 8.59. The van der Waals surface area contributed by atoms with Gasteiger partial charge in [-0.2, -0.15) is 0 Å². The molecule has 1 aliphatic heterocycles. The van der Waals surface area contributed by atoms with E-state index in [1.54, 1.807) is 6.07 Å². The van der Waals surface area contributed by atoms with Crippen LogP contribution in [0, 0.1) is 12.8 Å². The van der Waals surface area contributed by atoms with Gasteiger partial charge in [0, 0.05) is 18.2 Å². The summed E-state index contributed by atoms with van der Waals surface area (Å²) in [5.74, 6) is 0.582. The highest BCUT2D eigenvalue weighted by molar-refractivity contribution is 7.92. The maximum Gasteiger partial charge on any atom is 0.264 e. The fourth-order valence-corrected chi connectivity index (χ4v) is 6.56. The Balaban J connectivity index is 1.53. The van der Waals surface area contributed by atoms with E-state index in [-0.39, 0.29) is 12.0 Å². The van der Waals surface area contributed by atoms with Gasteiger partial charge in [0.05, 0.1) is 16.6 Å². The van der Waals surface area contributed by atoms with Crippen LogP contribution in [0.5, 0.6) is 0 Å². The molecule has 4 nitrogen and oxygen atoms in total. The first-order valence-electron chi connectivity index (χ1n) is 11.2. The van der Waals surface area contributed by atoms with Crippen LogP contribution < -0.4 is 9.62 Å². The summed E-state index contributed by atoms with van der Waals surface area (Å²) in [6, 6.07) is 23.8. The number of rotatable bonds is 5. The predicted octanol–water partition coefficient (Wildman–Crippen LogP) is 6.04. The third-order valence-electron chi connectivity index (χ3n) is 6.69. The lowest BCUT2D eigenvalue weighted by molar-refractivity contribution is 0.425. The summed E-state index contributed by atoms with van der Waals surface area (Å²) in [6.45, 7) is 4.35.